The lowest BCUT2D eigenvalue weighted by Crippen LogP contribution is -2.55. The molecule has 1 saturated heterocycles. The van der Waals surface area contributed by atoms with Crippen LogP contribution in [0, 0.1) is 0 Å². The summed E-state index contributed by atoms with van der Waals surface area (Å²) in [5, 5.41) is 39.8. The van der Waals surface area contributed by atoms with E-state index in [2.05, 4.69) is 38.1 Å². The minimum atomic E-state index is -1.40. The van der Waals surface area contributed by atoms with Crippen molar-refractivity contribution in [2.24, 2.45) is 0 Å². The molecule has 152 valence electrons. The van der Waals surface area contributed by atoms with E-state index in [9.17, 15) is 20.4 Å². The fourth-order valence-corrected chi connectivity index (χ4v) is 3.57. The number of hydrogen-bond donors (Lipinski definition) is 5. The molecule has 0 saturated carbocycles. The van der Waals surface area contributed by atoms with Crippen LogP contribution in [0.5, 0.6) is 0 Å². The lowest BCUT2D eigenvalue weighted by Gasteiger charge is -2.40. The Hall–Kier alpha value is -1.96. The molecule has 0 radical (unpaired) electrons. The number of hydrogen-bond acceptors (Lipinski definition) is 6. The summed E-state index contributed by atoms with van der Waals surface area (Å²) in [5.74, 6) is 0.466. The monoisotopic (exact) mass is 387 g/mol. The van der Waals surface area contributed by atoms with Crippen LogP contribution < -0.4 is 5.73 Å². The van der Waals surface area contributed by atoms with Crippen molar-refractivity contribution in [1.29, 1.82) is 0 Å². The molecule has 0 aliphatic carbocycles. The van der Waals surface area contributed by atoms with Gasteiger partial charge in [0.15, 0.2) is 0 Å². The maximum absolute atomic E-state index is 10.4. The van der Waals surface area contributed by atoms with Crippen LogP contribution in [0.4, 0.5) is 5.69 Å². The van der Waals surface area contributed by atoms with Crippen LogP contribution >= 0.6 is 0 Å². The van der Waals surface area contributed by atoms with Crippen LogP contribution in [0.2, 0.25) is 0 Å². The minimum absolute atomic E-state index is 0.453. The van der Waals surface area contributed by atoms with Gasteiger partial charge in [-0.1, -0.05) is 50.2 Å². The largest absolute Gasteiger partial charge is 0.398 e. The Labute approximate surface area is 165 Å². The van der Waals surface area contributed by atoms with Crippen molar-refractivity contribution in [2.45, 2.75) is 56.7 Å². The van der Waals surface area contributed by atoms with Gasteiger partial charge in [-0.25, -0.2) is 0 Å². The number of anilines is 1. The van der Waals surface area contributed by atoms with Crippen molar-refractivity contribution < 1.29 is 25.2 Å². The molecular weight excluding hydrogens is 358 g/mol. The molecule has 0 aromatic heterocycles. The average molecular weight is 387 g/mol. The second-order valence-corrected chi connectivity index (χ2v) is 7.78. The zero-order valence-electron chi connectivity index (χ0n) is 16.2. The molecule has 2 aromatic carbocycles. The van der Waals surface area contributed by atoms with Gasteiger partial charge >= 0.3 is 0 Å². The standard InChI is InChI=1S/C22H29NO5/c1-12(2)14-5-3-13(4-6-14)9-16-10-15(7-8-17(16)23)22-21(27)20(26)19(25)18(11-24)28-22/h3-8,10,12,18-22,24-27H,9,11,23H2,1-2H3/t18-,19-,20+,21-,22+/m1/s1. The highest BCUT2D eigenvalue weighted by Gasteiger charge is 2.43. The van der Waals surface area contributed by atoms with E-state index in [0.717, 1.165) is 11.1 Å². The third kappa shape index (κ3) is 4.21. The summed E-state index contributed by atoms with van der Waals surface area (Å²) in [7, 11) is 0. The van der Waals surface area contributed by atoms with Gasteiger partial charge in [-0.15, -0.1) is 0 Å². The van der Waals surface area contributed by atoms with Crippen LogP contribution in [-0.2, 0) is 11.2 Å². The SMILES string of the molecule is CC(C)c1ccc(Cc2cc([C@@H]3O[C@H](CO)[C@@H](O)[C@H](O)[C@H]3O)ccc2N)cc1. The molecule has 28 heavy (non-hydrogen) atoms. The van der Waals surface area contributed by atoms with Gasteiger partial charge in [-0.3, -0.25) is 0 Å². The topological polar surface area (TPSA) is 116 Å². The predicted molar refractivity (Wildman–Crippen MR) is 107 cm³/mol. The minimum Gasteiger partial charge on any atom is -0.398 e. The van der Waals surface area contributed by atoms with Crippen LogP contribution in [0.25, 0.3) is 0 Å². The molecule has 0 spiro atoms. The van der Waals surface area contributed by atoms with Gasteiger partial charge in [0.25, 0.3) is 0 Å². The van der Waals surface area contributed by atoms with E-state index in [4.69, 9.17) is 10.5 Å². The van der Waals surface area contributed by atoms with E-state index >= 15 is 0 Å². The highest BCUT2D eigenvalue weighted by atomic mass is 16.5. The first kappa shape index (κ1) is 20.8. The van der Waals surface area contributed by atoms with Gasteiger partial charge in [0, 0.05) is 5.69 Å². The van der Waals surface area contributed by atoms with Crippen molar-refractivity contribution in [3.05, 3.63) is 64.7 Å². The molecule has 3 rings (SSSR count). The number of rotatable bonds is 5. The van der Waals surface area contributed by atoms with Crippen LogP contribution in [0.3, 0.4) is 0 Å². The van der Waals surface area contributed by atoms with E-state index in [1.807, 2.05) is 6.07 Å². The summed E-state index contributed by atoms with van der Waals surface area (Å²) in [6.45, 7) is 3.85. The maximum Gasteiger partial charge on any atom is 0.113 e. The summed E-state index contributed by atoms with van der Waals surface area (Å²) in [6, 6.07) is 13.7. The Kier molecular flexibility index (Phi) is 6.37. The van der Waals surface area contributed by atoms with Gasteiger partial charge in [0.1, 0.15) is 30.5 Å². The van der Waals surface area contributed by atoms with Gasteiger partial charge in [-0.05, 0) is 40.7 Å². The average Bonchev–Trinajstić information content (AvgIpc) is 2.69. The number of nitrogen functional groups attached to an aromatic ring is 1. The molecule has 1 heterocycles. The molecule has 6 nitrogen and oxygen atoms in total. The third-order valence-electron chi connectivity index (χ3n) is 5.43. The Morgan fingerprint density at radius 2 is 1.64 bits per heavy atom. The number of nitrogens with two attached hydrogens (primary N) is 1. The van der Waals surface area contributed by atoms with Gasteiger partial charge in [0.2, 0.25) is 0 Å². The molecule has 1 fully saturated rings. The molecule has 1 aliphatic rings. The Bertz CT molecular complexity index is 790. The normalized spacial score (nSPS) is 27.9. The number of aliphatic hydroxyl groups is 4. The summed E-state index contributed by atoms with van der Waals surface area (Å²) in [5.41, 5.74) is 10.7. The van der Waals surface area contributed by atoms with Crippen molar-refractivity contribution >= 4 is 5.69 Å². The first-order valence-corrected chi connectivity index (χ1v) is 9.59. The Morgan fingerprint density at radius 3 is 2.25 bits per heavy atom. The summed E-state index contributed by atoms with van der Waals surface area (Å²) in [6.07, 6.45) is -5.26. The van der Waals surface area contributed by atoms with Crippen LogP contribution in [0.15, 0.2) is 42.5 Å². The van der Waals surface area contributed by atoms with E-state index < -0.39 is 37.1 Å². The zero-order chi connectivity index (χ0) is 20.4. The highest BCUT2D eigenvalue weighted by Crippen LogP contribution is 2.34. The molecule has 2 aromatic rings. The first-order chi connectivity index (χ1) is 13.3. The van der Waals surface area contributed by atoms with Gasteiger partial charge < -0.3 is 30.9 Å². The number of benzene rings is 2. The summed E-state index contributed by atoms with van der Waals surface area (Å²) < 4.78 is 5.65. The van der Waals surface area contributed by atoms with Crippen molar-refractivity contribution in [1.82, 2.24) is 0 Å². The lowest BCUT2D eigenvalue weighted by molar-refractivity contribution is -0.231. The lowest BCUT2D eigenvalue weighted by atomic mass is 9.89. The molecule has 0 unspecified atom stereocenters. The molecule has 0 bridgehead atoms. The number of ether oxygens (including phenoxy) is 1. The summed E-state index contributed by atoms with van der Waals surface area (Å²) in [4.78, 5) is 0. The van der Waals surface area contributed by atoms with Crippen LogP contribution in [-0.4, -0.2) is 51.4 Å². The van der Waals surface area contributed by atoms with E-state index in [1.165, 1.54) is 5.56 Å². The molecule has 6 N–H and O–H groups in total. The fourth-order valence-electron chi connectivity index (χ4n) is 3.57. The molecule has 5 atom stereocenters. The molecule has 1 aliphatic heterocycles. The smallest absolute Gasteiger partial charge is 0.113 e. The van der Waals surface area contributed by atoms with E-state index in [1.54, 1.807) is 12.1 Å². The highest BCUT2D eigenvalue weighted by molar-refractivity contribution is 5.51. The van der Waals surface area contributed by atoms with Crippen molar-refractivity contribution in [2.75, 3.05) is 12.3 Å². The molecule has 6 heteroatoms. The number of aliphatic hydroxyl groups excluding tert-OH is 4. The Balaban J connectivity index is 1.84. The predicted octanol–water partition coefficient (Wildman–Crippen LogP) is 1.50. The van der Waals surface area contributed by atoms with Gasteiger partial charge in [-0.2, -0.15) is 0 Å². The van der Waals surface area contributed by atoms with Crippen molar-refractivity contribution in [3.63, 3.8) is 0 Å². The van der Waals surface area contributed by atoms with E-state index in [-0.39, 0.29) is 0 Å². The second-order valence-electron chi connectivity index (χ2n) is 7.78. The van der Waals surface area contributed by atoms with E-state index in [0.29, 0.717) is 23.6 Å². The van der Waals surface area contributed by atoms with Crippen LogP contribution in [0.1, 0.15) is 48.1 Å². The Morgan fingerprint density at radius 1 is 0.964 bits per heavy atom. The first-order valence-electron chi connectivity index (χ1n) is 9.59. The van der Waals surface area contributed by atoms with Gasteiger partial charge in [0.05, 0.1) is 6.61 Å². The quantitative estimate of drug-likeness (QED) is 0.497. The third-order valence-corrected chi connectivity index (χ3v) is 5.43. The fraction of sp³-hybridized carbons (Fsp3) is 0.455. The molecule has 0 amide bonds. The second kappa shape index (κ2) is 8.59. The zero-order valence-corrected chi connectivity index (χ0v) is 16.2. The maximum atomic E-state index is 10.4. The molecular formula is C22H29NO5. The van der Waals surface area contributed by atoms with Crippen molar-refractivity contribution in [3.8, 4) is 0 Å². The summed E-state index contributed by atoms with van der Waals surface area (Å²) >= 11 is 0.